The van der Waals surface area contributed by atoms with Crippen LogP contribution in [0.5, 0.6) is 0 Å². The van der Waals surface area contributed by atoms with Gasteiger partial charge in [-0.15, -0.1) is 0 Å². The molecule has 0 aliphatic carbocycles. The zero-order chi connectivity index (χ0) is 9.42. The van der Waals surface area contributed by atoms with Gasteiger partial charge in [0.2, 0.25) is 0 Å². The quantitative estimate of drug-likeness (QED) is 0.666. The number of nitrogens with two attached hydrogens (primary N) is 1. The fourth-order valence-corrected chi connectivity index (χ4v) is 1.99. The Morgan fingerprint density at radius 1 is 1.54 bits per heavy atom. The molecule has 2 nitrogen and oxygen atoms in total. The van der Waals surface area contributed by atoms with Crippen LogP contribution < -0.4 is 11.1 Å². The number of benzene rings is 1. The van der Waals surface area contributed by atoms with E-state index in [0.29, 0.717) is 0 Å². The van der Waals surface area contributed by atoms with Crippen molar-refractivity contribution in [2.75, 3.05) is 11.9 Å². The van der Waals surface area contributed by atoms with Crippen molar-refractivity contribution in [1.82, 2.24) is 0 Å². The first kappa shape index (κ1) is 8.85. The average molecular weight is 197 g/mol. The minimum absolute atomic E-state index is 0.187. The molecule has 1 heterocycles. The minimum atomic E-state index is 0.187. The SMILES string of the molecule is Cc1ccc(Cl)c2c1NCC(N)C2. The van der Waals surface area contributed by atoms with Crippen LogP contribution in [-0.4, -0.2) is 12.6 Å². The van der Waals surface area contributed by atoms with Crippen LogP contribution in [0.4, 0.5) is 5.69 Å². The lowest BCUT2D eigenvalue weighted by molar-refractivity contribution is 0.678. The Balaban J connectivity index is 2.51. The molecule has 1 aliphatic rings. The van der Waals surface area contributed by atoms with E-state index in [0.717, 1.165) is 18.0 Å². The Kier molecular flexibility index (Phi) is 2.18. The van der Waals surface area contributed by atoms with Crippen molar-refractivity contribution in [2.45, 2.75) is 19.4 Å². The van der Waals surface area contributed by atoms with Gasteiger partial charge in [-0.2, -0.15) is 0 Å². The van der Waals surface area contributed by atoms with Crippen LogP contribution in [-0.2, 0) is 6.42 Å². The molecule has 0 amide bonds. The molecule has 1 atom stereocenters. The maximum Gasteiger partial charge on any atom is 0.0459 e. The van der Waals surface area contributed by atoms with E-state index in [1.807, 2.05) is 12.1 Å². The van der Waals surface area contributed by atoms with Crippen molar-refractivity contribution in [3.05, 3.63) is 28.3 Å². The lowest BCUT2D eigenvalue weighted by Gasteiger charge is -2.25. The number of nitrogens with one attached hydrogen (secondary N) is 1. The zero-order valence-electron chi connectivity index (χ0n) is 7.60. The zero-order valence-corrected chi connectivity index (χ0v) is 8.36. The maximum atomic E-state index is 6.08. The molecule has 0 aromatic heterocycles. The highest BCUT2D eigenvalue weighted by molar-refractivity contribution is 6.31. The summed E-state index contributed by atoms with van der Waals surface area (Å²) in [5.74, 6) is 0. The molecule has 1 unspecified atom stereocenters. The summed E-state index contributed by atoms with van der Waals surface area (Å²) in [5, 5.41) is 4.13. The van der Waals surface area contributed by atoms with Crippen LogP contribution in [0.3, 0.4) is 0 Å². The lowest BCUT2D eigenvalue weighted by atomic mass is 9.97. The van der Waals surface area contributed by atoms with Crippen LogP contribution in [0.2, 0.25) is 5.02 Å². The number of hydrogen-bond acceptors (Lipinski definition) is 2. The van der Waals surface area contributed by atoms with Gasteiger partial charge >= 0.3 is 0 Å². The summed E-state index contributed by atoms with van der Waals surface area (Å²) in [6.45, 7) is 2.92. The first-order valence-corrected chi connectivity index (χ1v) is 4.83. The third kappa shape index (κ3) is 1.52. The summed E-state index contributed by atoms with van der Waals surface area (Å²) in [6.07, 6.45) is 0.878. The van der Waals surface area contributed by atoms with E-state index in [9.17, 15) is 0 Å². The summed E-state index contributed by atoms with van der Waals surface area (Å²) >= 11 is 6.08. The topological polar surface area (TPSA) is 38.0 Å². The molecule has 0 spiro atoms. The molecule has 70 valence electrons. The van der Waals surface area contributed by atoms with Crippen molar-refractivity contribution in [2.24, 2.45) is 5.73 Å². The van der Waals surface area contributed by atoms with E-state index in [-0.39, 0.29) is 6.04 Å². The number of halogens is 1. The van der Waals surface area contributed by atoms with Crippen LogP contribution >= 0.6 is 11.6 Å². The van der Waals surface area contributed by atoms with Gasteiger partial charge in [0.1, 0.15) is 0 Å². The number of anilines is 1. The summed E-state index contributed by atoms with van der Waals surface area (Å²) in [5.41, 5.74) is 9.43. The number of rotatable bonds is 0. The lowest BCUT2D eigenvalue weighted by Crippen LogP contribution is -2.35. The standard InChI is InChI=1S/C10H13ClN2/c1-6-2-3-9(11)8-4-7(12)5-13-10(6)8/h2-3,7,13H,4-5,12H2,1H3. The second-order valence-corrected chi connectivity index (χ2v) is 3.97. The predicted octanol–water partition coefficient (Wildman–Crippen LogP) is 1.94. The van der Waals surface area contributed by atoms with Crippen LogP contribution in [0.1, 0.15) is 11.1 Å². The van der Waals surface area contributed by atoms with Gasteiger partial charge in [0.15, 0.2) is 0 Å². The predicted molar refractivity (Wildman–Crippen MR) is 56.4 cm³/mol. The van der Waals surface area contributed by atoms with Crippen molar-refractivity contribution >= 4 is 17.3 Å². The molecule has 1 aromatic carbocycles. The first-order chi connectivity index (χ1) is 6.18. The van der Waals surface area contributed by atoms with Gasteiger partial charge in [-0.25, -0.2) is 0 Å². The van der Waals surface area contributed by atoms with E-state index >= 15 is 0 Å². The molecular formula is C10H13ClN2. The number of fused-ring (bicyclic) bond motifs is 1. The van der Waals surface area contributed by atoms with E-state index in [1.54, 1.807) is 0 Å². The number of hydrogen-bond donors (Lipinski definition) is 2. The highest BCUT2D eigenvalue weighted by Crippen LogP contribution is 2.31. The average Bonchev–Trinajstić information content (AvgIpc) is 2.12. The van der Waals surface area contributed by atoms with Crippen molar-refractivity contribution < 1.29 is 0 Å². The second kappa shape index (κ2) is 3.20. The van der Waals surface area contributed by atoms with Crippen molar-refractivity contribution in [3.8, 4) is 0 Å². The highest BCUT2D eigenvalue weighted by Gasteiger charge is 2.18. The third-order valence-electron chi connectivity index (χ3n) is 2.47. The van der Waals surface area contributed by atoms with Gasteiger partial charge in [0.05, 0.1) is 0 Å². The van der Waals surface area contributed by atoms with E-state index in [1.165, 1.54) is 16.8 Å². The van der Waals surface area contributed by atoms with Gasteiger partial charge in [0.25, 0.3) is 0 Å². The Labute approximate surface area is 83.1 Å². The van der Waals surface area contributed by atoms with Crippen molar-refractivity contribution in [3.63, 3.8) is 0 Å². The summed E-state index contributed by atoms with van der Waals surface area (Å²) in [6, 6.07) is 4.16. The maximum absolute atomic E-state index is 6.08. The molecule has 0 saturated heterocycles. The van der Waals surface area contributed by atoms with E-state index in [2.05, 4.69) is 12.2 Å². The Morgan fingerprint density at radius 3 is 3.08 bits per heavy atom. The number of aryl methyl sites for hydroxylation is 1. The van der Waals surface area contributed by atoms with Gasteiger partial charge in [0, 0.05) is 23.3 Å². The molecule has 3 N–H and O–H groups in total. The van der Waals surface area contributed by atoms with Gasteiger partial charge in [-0.05, 0) is 30.5 Å². The Morgan fingerprint density at radius 2 is 2.31 bits per heavy atom. The normalized spacial score (nSPS) is 20.7. The van der Waals surface area contributed by atoms with Crippen molar-refractivity contribution in [1.29, 1.82) is 0 Å². The van der Waals surface area contributed by atoms with Crippen LogP contribution in [0.25, 0.3) is 0 Å². The molecule has 2 rings (SSSR count). The van der Waals surface area contributed by atoms with Gasteiger partial charge in [-0.3, -0.25) is 0 Å². The van der Waals surface area contributed by atoms with E-state index in [4.69, 9.17) is 17.3 Å². The Hall–Kier alpha value is -0.730. The molecule has 3 heteroatoms. The molecule has 0 radical (unpaired) electrons. The smallest absolute Gasteiger partial charge is 0.0459 e. The molecular weight excluding hydrogens is 184 g/mol. The molecule has 0 fully saturated rings. The van der Waals surface area contributed by atoms with Crippen LogP contribution in [0.15, 0.2) is 12.1 Å². The summed E-state index contributed by atoms with van der Waals surface area (Å²) < 4.78 is 0. The molecule has 1 aromatic rings. The van der Waals surface area contributed by atoms with Crippen LogP contribution in [0, 0.1) is 6.92 Å². The fourth-order valence-electron chi connectivity index (χ4n) is 1.75. The molecule has 1 aliphatic heterocycles. The van der Waals surface area contributed by atoms with Gasteiger partial charge < -0.3 is 11.1 Å². The van der Waals surface area contributed by atoms with Gasteiger partial charge in [-0.1, -0.05) is 17.7 Å². The minimum Gasteiger partial charge on any atom is -0.383 e. The first-order valence-electron chi connectivity index (χ1n) is 4.46. The monoisotopic (exact) mass is 196 g/mol. The summed E-state index contributed by atoms with van der Waals surface area (Å²) in [4.78, 5) is 0. The molecule has 0 saturated carbocycles. The highest BCUT2D eigenvalue weighted by atomic mass is 35.5. The van der Waals surface area contributed by atoms with E-state index < -0.39 is 0 Å². The summed E-state index contributed by atoms with van der Waals surface area (Å²) in [7, 11) is 0. The third-order valence-corrected chi connectivity index (χ3v) is 2.83. The Bertz CT molecular complexity index is 336. The second-order valence-electron chi connectivity index (χ2n) is 3.56. The fraction of sp³-hybridized carbons (Fsp3) is 0.400. The molecule has 0 bridgehead atoms. The molecule has 13 heavy (non-hydrogen) atoms. The largest absolute Gasteiger partial charge is 0.383 e.